The highest BCUT2D eigenvalue weighted by molar-refractivity contribution is 7.13. The van der Waals surface area contributed by atoms with Crippen LogP contribution in [0.4, 0.5) is 0 Å². The highest BCUT2D eigenvalue weighted by atomic mass is 32.1. The number of para-hydroxylation sites is 1. The molecule has 4 nitrogen and oxygen atoms in total. The van der Waals surface area contributed by atoms with E-state index in [2.05, 4.69) is 10.3 Å². The minimum absolute atomic E-state index is 0.106. The molecule has 0 radical (unpaired) electrons. The molecule has 3 aromatic heterocycles. The third-order valence-corrected chi connectivity index (χ3v) is 5.18. The average molecular weight is 359 g/mol. The molecule has 0 aliphatic heterocycles. The SMILES string of the molecule is CC(NC(=O)c1cc(-c2cccs2)nc2ccccc12)c1ccncc1. The summed E-state index contributed by atoms with van der Waals surface area (Å²) in [5, 5.41) is 5.95. The zero-order chi connectivity index (χ0) is 17.9. The van der Waals surface area contributed by atoms with E-state index in [4.69, 9.17) is 4.98 Å². The number of nitrogens with zero attached hydrogens (tertiary/aromatic N) is 2. The van der Waals surface area contributed by atoms with Gasteiger partial charge in [-0.1, -0.05) is 24.3 Å². The Hall–Kier alpha value is -3.05. The molecule has 1 N–H and O–H groups in total. The van der Waals surface area contributed by atoms with E-state index in [9.17, 15) is 4.79 Å². The number of carbonyl (C=O) groups excluding carboxylic acids is 1. The van der Waals surface area contributed by atoms with Crippen LogP contribution < -0.4 is 5.32 Å². The molecule has 0 aliphatic carbocycles. The Morgan fingerprint density at radius 2 is 1.88 bits per heavy atom. The van der Waals surface area contributed by atoms with Crippen LogP contribution in [-0.4, -0.2) is 15.9 Å². The van der Waals surface area contributed by atoms with E-state index in [0.717, 1.165) is 27.0 Å². The van der Waals surface area contributed by atoms with Crippen LogP contribution in [0.2, 0.25) is 0 Å². The fourth-order valence-electron chi connectivity index (χ4n) is 2.92. The summed E-state index contributed by atoms with van der Waals surface area (Å²) in [5.74, 6) is -0.106. The average Bonchev–Trinajstić information content (AvgIpc) is 3.22. The molecular weight excluding hydrogens is 342 g/mol. The van der Waals surface area contributed by atoms with Crippen molar-refractivity contribution < 1.29 is 4.79 Å². The predicted molar refractivity (Wildman–Crippen MR) is 105 cm³/mol. The summed E-state index contributed by atoms with van der Waals surface area (Å²) in [5.41, 5.74) is 3.30. The van der Waals surface area contributed by atoms with E-state index in [-0.39, 0.29) is 11.9 Å². The largest absolute Gasteiger partial charge is 0.345 e. The van der Waals surface area contributed by atoms with Gasteiger partial charge in [0.2, 0.25) is 0 Å². The molecule has 0 fully saturated rings. The summed E-state index contributed by atoms with van der Waals surface area (Å²) in [6.07, 6.45) is 3.46. The van der Waals surface area contributed by atoms with E-state index in [1.807, 2.05) is 66.9 Å². The van der Waals surface area contributed by atoms with Crippen LogP contribution >= 0.6 is 11.3 Å². The van der Waals surface area contributed by atoms with E-state index in [1.54, 1.807) is 23.7 Å². The minimum Gasteiger partial charge on any atom is -0.345 e. The zero-order valence-electron chi connectivity index (χ0n) is 14.2. The van der Waals surface area contributed by atoms with Gasteiger partial charge >= 0.3 is 0 Å². The number of fused-ring (bicyclic) bond motifs is 1. The highest BCUT2D eigenvalue weighted by Gasteiger charge is 2.16. The zero-order valence-corrected chi connectivity index (χ0v) is 15.0. The summed E-state index contributed by atoms with van der Waals surface area (Å²) >= 11 is 1.61. The van der Waals surface area contributed by atoms with Crippen LogP contribution in [0.1, 0.15) is 28.9 Å². The lowest BCUT2D eigenvalue weighted by atomic mass is 10.0. The van der Waals surface area contributed by atoms with Crippen LogP contribution in [0.15, 0.2) is 72.4 Å². The number of nitrogens with one attached hydrogen (secondary N) is 1. The first kappa shape index (κ1) is 16.4. The Morgan fingerprint density at radius 3 is 2.65 bits per heavy atom. The van der Waals surface area contributed by atoms with Crippen LogP contribution in [-0.2, 0) is 0 Å². The Morgan fingerprint density at radius 1 is 1.08 bits per heavy atom. The lowest BCUT2D eigenvalue weighted by Gasteiger charge is -2.15. The second-order valence-corrected chi connectivity index (χ2v) is 6.97. The molecule has 26 heavy (non-hydrogen) atoms. The van der Waals surface area contributed by atoms with Crippen LogP contribution in [0.25, 0.3) is 21.5 Å². The number of amides is 1. The molecule has 0 bridgehead atoms. The number of hydrogen-bond acceptors (Lipinski definition) is 4. The van der Waals surface area contributed by atoms with Crippen LogP contribution in [0.5, 0.6) is 0 Å². The van der Waals surface area contributed by atoms with Crippen molar-refractivity contribution in [3.05, 3.63) is 83.5 Å². The second-order valence-electron chi connectivity index (χ2n) is 6.03. The smallest absolute Gasteiger partial charge is 0.252 e. The Kier molecular flexibility index (Phi) is 4.46. The van der Waals surface area contributed by atoms with E-state index in [1.165, 1.54) is 0 Å². The molecule has 4 rings (SSSR count). The van der Waals surface area contributed by atoms with Crippen molar-refractivity contribution >= 4 is 28.1 Å². The normalized spacial score (nSPS) is 12.0. The topological polar surface area (TPSA) is 54.9 Å². The third kappa shape index (κ3) is 3.21. The van der Waals surface area contributed by atoms with E-state index >= 15 is 0 Å². The quantitative estimate of drug-likeness (QED) is 0.567. The fraction of sp³-hybridized carbons (Fsp3) is 0.0952. The molecule has 1 aromatic carbocycles. The maximum Gasteiger partial charge on any atom is 0.252 e. The van der Waals surface area contributed by atoms with Gasteiger partial charge in [-0.25, -0.2) is 4.98 Å². The molecule has 128 valence electrons. The third-order valence-electron chi connectivity index (χ3n) is 4.29. The summed E-state index contributed by atoms with van der Waals surface area (Å²) < 4.78 is 0. The van der Waals surface area contributed by atoms with E-state index < -0.39 is 0 Å². The lowest BCUT2D eigenvalue weighted by Crippen LogP contribution is -2.27. The number of thiophene rings is 1. The molecule has 0 saturated heterocycles. The number of carbonyl (C=O) groups is 1. The summed E-state index contributed by atoms with van der Waals surface area (Å²) in [6, 6.07) is 17.3. The van der Waals surface area contributed by atoms with Gasteiger partial charge < -0.3 is 5.32 Å². The maximum atomic E-state index is 13.0. The Labute approximate surface area is 155 Å². The summed E-state index contributed by atoms with van der Waals surface area (Å²) in [7, 11) is 0. The van der Waals surface area contributed by atoms with Gasteiger partial charge in [0.15, 0.2) is 0 Å². The van der Waals surface area contributed by atoms with Gasteiger partial charge in [0.1, 0.15) is 0 Å². The van der Waals surface area contributed by atoms with Crippen molar-refractivity contribution in [1.29, 1.82) is 0 Å². The second kappa shape index (κ2) is 7.06. The maximum absolute atomic E-state index is 13.0. The Balaban J connectivity index is 1.73. The number of rotatable bonds is 4. The van der Waals surface area contributed by atoms with Crippen molar-refractivity contribution in [3.63, 3.8) is 0 Å². The van der Waals surface area contributed by atoms with Gasteiger partial charge in [-0.15, -0.1) is 11.3 Å². The molecule has 1 amide bonds. The first-order valence-electron chi connectivity index (χ1n) is 8.37. The monoisotopic (exact) mass is 359 g/mol. The standard InChI is InChI=1S/C21H17N3OS/c1-14(15-8-10-22-11-9-15)23-21(25)17-13-19(20-7-4-12-26-20)24-18-6-3-2-5-16(17)18/h2-14H,1H3,(H,23,25). The van der Waals surface area contributed by atoms with Gasteiger partial charge in [0.25, 0.3) is 5.91 Å². The van der Waals surface area contributed by atoms with Crippen LogP contribution in [0, 0.1) is 0 Å². The predicted octanol–water partition coefficient (Wildman–Crippen LogP) is 4.85. The van der Waals surface area contributed by atoms with Crippen molar-refractivity contribution in [3.8, 4) is 10.6 Å². The fourth-order valence-corrected chi connectivity index (χ4v) is 3.61. The van der Waals surface area contributed by atoms with Gasteiger partial charge in [-0.3, -0.25) is 9.78 Å². The lowest BCUT2D eigenvalue weighted by molar-refractivity contribution is 0.0941. The first-order chi connectivity index (χ1) is 12.7. The molecule has 3 heterocycles. The number of hydrogen-bond donors (Lipinski definition) is 1. The first-order valence-corrected chi connectivity index (χ1v) is 9.25. The number of benzene rings is 1. The molecular formula is C21H17N3OS. The van der Waals surface area contributed by atoms with Gasteiger partial charge in [-0.2, -0.15) is 0 Å². The van der Waals surface area contributed by atoms with Crippen molar-refractivity contribution in [2.24, 2.45) is 0 Å². The molecule has 1 unspecified atom stereocenters. The molecule has 0 spiro atoms. The number of pyridine rings is 2. The van der Waals surface area contributed by atoms with Crippen molar-refractivity contribution in [2.75, 3.05) is 0 Å². The minimum atomic E-state index is -0.109. The van der Waals surface area contributed by atoms with Gasteiger partial charge in [-0.05, 0) is 48.2 Å². The molecule has 4 aromatic rings. The highest BCUT2D eigenvalue weighted by Crippen LogP contribution is 2.28. The molecule has 0 saturated carbocycles. The summed E-state index contributed by atoms with van der Waals surface area (Å²) in [6.45, 7) is 1.97. The molecule has 5 heteroatoms. The van der Waals surface area contributed by atoms with Gasteiger partial charge in [0.05, 0.1) is 27.7 Å². The summed E-state index contributed by atoms with van der Waals surface area (Å²) in [4.78, 5) is 22.8. The van der Waals surface area contributed by atoms with Crippen molar-refractivity contribution in [1.82, 2.24) is 15.3 Å². The number of aromatic nitrogens is 2. The Bertz CT molecular complexity index is 1050. The molecule has 1 atom stereocenters. The van der Waals surface area contributed by atoms with Crippen LogP contribution in [0.3, 0.4) is 0 Å². The van der Waals surface area contributed by atoms with Crippen molar-refractivity contribution in [2.45, 2.75) is 13.0 Å². The van der Waals surface area contributed by atoms with E-state index in [0.29, 0.717) is 5.56 Å². The van der Waals surface area contributed by atoms with Gasteiger partial charge in [0, 0.05) is 17.8 Å². The molecule has 0 aliphatic rings.